The summed E-state index contributed by atoms with van der Waals surface area (Å²) in [6.45, 7) is 0. The van der Waals surface area contributed by atoms with Gasteiger partial charge in [0.2, 0.25) is 0 Å². The summed E-state index contributed by atoms with van der Waals surface area (Å²) in [5.41, 5.74) is 1.81. The highest BCUT2D eigenvalue weighted by Gasteiger charge is 2.34. The molecule has 5 rings (SSSR count). The van der Waals surface area contributed by atoms with Gasteiger partial charge in [0.15, 0.2) is 5.69 Å². The number of halogens is 3. The van der Waals surface area contributed by atoms with Crippen LogP contribution in [0, 0.1) is 0 Å². The van der Waals surface area contributed by atoms with Crippen molar-refractivity contribution >= 4 is 0 Å². The quantitative estimate of drug-likeness (QED) is 0.232. The third kappa shape index (κ3) is 5.40. The third-order valence-electron chi connectivity index (χ3n) is 6.02. The van der Waals surface area contributed by atoms with E-state index in [4.69, 9.17) is 14.2 Å². The van der Waals surface area contributed by atoms with Crippen molar-refractivity contribution in [2.24, 2.45) is 0 Å². The first-order valence-corrected chi connectivity index (χ1v) is 11.8. The van der Waals surface area contributed by atoms with E-state index in [2.05, 4.69) is 15.1 Å². The zero-order chi connectivity index (χ0) is 27.6. The Bertz CT molecular complexity index is 1620. The molecule has 39 heavy (non-hydrogen) atoms. The maximum atomic E-state index is 14.0. The number of aromatic nitrogens is 4. The lowest BCUT2D eigenvalue weighted by atomic mass is 10.1. The van der Waals surface area contributed by atoms with Gasteiger partial charge in [-0.3, -0.25) is 0 Å². The zero-order valence-corrected chi connectivity index (χ0v) is 21.2. The van der Waals surface area contributed by atoms with E-state index in [1.54, 1.807) is 73.8 Å². The van der Waals surface area contributed by atoms with E-state index in [0.717, 1.165) is 6.07 Å². The van der Waals surface area contributed by atoms with Crippen LogP contribution in [0.1, 0.15) is 5.69 Å². The molecule has 0 bridgehead atoms. The normalized spacial score (nSPS) is 11.3. The summed E-state index contributed by atoms with van der Waals surface area (Å²) >= 11 is 0. The average Bonchev–Trinajstić information content (AvgIpc) is 3.42. The molecule has 10 heteroatoms. The van der Waals surface area contributed by atoms with Gasteiger partial charge in [-0.25, -0.2) is 9.97 Å². The molecule has 0 aliphatic rings. The number of benzene rings is 3. The highest BCUT2D eigenvalue weighted by molar-refractivity contribution is 5.72. The van der Waals surface area contributed by atoms with E-state index in [1.165, 1.54) is 18.9 Å². The fourth-order valence-electron chi connectivity index (χ4n) is 4.03. The van der Waals surface area contributed by atoms with E-state index >= 15 is 0 Å². The third-order valence-corrected chi connectivity index (χ3v) is 6.02. The molecule has 0 N–H and O–H groups in total. The fraction of sp³-hybridized carbons (Fsp3) is 0.138. The van der Waals surface area contributed by atoms with Crippen molar-refractivity contribution in [1.29, 1.82) is 0 Å². The largest absolute Gasteiger partial charge is 0.497 e. The minimum atomic E-state index is -4.71. The van der Waals surface area contributed by atoms with Crippen LogP contribution in [0.2, 0.25) is 0 Å². The summed E-state index contributed by atoms with van der Waals surface area (Å²) in [7, 11) is 4.60. The van der Waals surface area contributed by atoms with Gasteiger partial charge in [-0.05, 0) is 60.7 Å². The standard InChI is InChI=1S/C29H23F3N4O3/c1-37-21-12-10-18(11-13-21)24-17-27(29(30,31)32)34-28(33-24)36-26(20-7-5-9-23(15-20)39-3)16-25(35-36)19-6-4-8-22(14-19)38-2/h4-17H,1-3H3. The van der Waals surface area contributed by atoms with E-state index in [0.29, 0.717) is 45.3 Å². The van der Waals surface area contributed by atoms with Crippen LogP contribution in [-0.2, 0) is 6.18 Å². The Hall–Kier alpha value is -4.86. The lowest BCUT2D eigenvalue weighted by Crippen LogP contribution is -2.14. The van der Waals surface area contributed by atoms with Crippen LogP contribution in [0.25, 0.3) is 39.7 Å². The molecule has 198 valence electrons. The summed E-state index contributed by atoms with van der Waals surface area (Å²) in [4.78, 5) is 8.39. The Labute approximate surface area is 222 Å². The lowest BCUT2D eigenvalue weighted by Gasteiger charge is -2.13. The van der Waals surface area contributed by atoms with Crippen LogP contribution in [0.3, 0.4) is 0 Å². The van der Waals surface area contributed by atoms with Crippen molar-refractivity contribution in [3.8, 4) is 57.0 Å². The molecule has 0 saturated heterocycles. The van der Waals surface area contributed by atoms with E-state index in [9.17, 15) is 13.2 Å². The topological polar surface area (TPSA) is 71.3 Å². The number of ether oxygens (including phenoxy) is 3. The molecule has 0 amide bonds. The number of rotatable bonds is 7. The van der Waals surface area contributed by atoms with Gasteiger partial charge in [0.05, 0.1) is 38.4 Å². The summed E-state index contributed by atoms with van der Waals surface area (Å²) in [6, 6.07) is 23.6. The first-order valence-electron chi connectivity index (χ1n) is 11.8. The maximum absolute atomic E-state index is 14.0. The molecule has 3 aromatic carbocycles. The Morgan fingerprint density at radius 1 is 0.615 bits per heavy atom. The first-order chi connectivity index (χ1) is 18.8. The Morgan fingerprint density at radius 3 is 1.85 bits per heavy atom. The SMILES string of the molecule is COc1ccc(-c2cc(C(F)(F)F)nc(-n3nc(-c4cccc(OC)c4)cc3-c3cccc(OC)c3)n2)cc1. The zero-order valence-electron chi connectivity index (χ0n) is 21.2. The van der Waals surface area contributed by atoms with Crippen molar-refractivity contribution < 1.29 is 27.4 Å². The van der Waals surface area contributed by atoms with Crippen molar-refractivity contribution in [3.63, 3.8) is 0 Å². The van der Waals surface area contributed by atoms with Crippen molar-refractivity contribution in [2.45, 2.75) is 6.18 Å². The van der Waals surface area contributed by atoms with Crippen LogP contribution < -0.4 is 14.2 Å². The molecule has 0 spiro atoms. The fourth-order valence-corrected chi connectivity index (χ4v) is 4.03. The van der Waals surface area contributed by atoms with Crippen LogP contribution in [0.15, 0.2) is 84.9 Å². The molecule has 0 saturated carbocycles. The van der Waals surface area contributed by atoms with Crippen LogP contribution in [0.5, 0.6) is 17.2 Å². The predicted octanol–water partition coefficient (Wildman–Crippen LogP) is 6.71. The number of methoxy groups -OCH3 is 3. The summed E-state index contributed by atoms with van der Waals surface area (Å²) in [5.74, 6) is 1.52. The number of nitrogens with zero attached hydrogens (tertiary/aromatic N) is 4. The molecular formula is C29H23F3N4O3. The van der Waals surface area contributed by atoms with E-state index in [1.807, 2.05) is 12.1 Å². The second-order valence-corrected chi connectivity index (χ2v) is 8.46. The van der Waals surface area contributed by atoms with E-state index < -0.39 is 11.9 Å². The molecule has 0 aliphatic carbocycles. The molecule has 7 nitrogen and oxygen atoms in total. The van der Waals surface area contributed by atoms with E-state index in [-0.39, 0.29) is 11.6 Å². The average molecular weight is 533 g/mol. The lowest BCUT2D eigenvalue weighted by molar-refractivity contribution is -0.141. The van der Waals surface area contributed by atoms with Gasteiger partial charge in [-0.1, -0.05) is 24.3 Å². The predicted molar refractivity (Wildman–Crippen MR) is 140 cm³/mol. The Kier molecular flexibility index (Phi) is 6.93. The molecule has 0 radical (unpaired) electrons. The van der Waals surface area contributed by atoms with Crippen LogP contribution >= 0.6 is 0 Å². The minimum Gasteiger partial charge on any atom is -0.497 e. The molecule has 0 aliphatic heterocycles. The second kappa shape index (κ2) is 10.5. The maximum Gasteiger partial charge on any atom is 0.433 e. The minimum absolute atomic E-state index is 0.0880. The summed E-state index contributed by atoms with van der Waals surface area (Å²) in [5, 5.41) is 4.65. The van der Waals surface area contributed by atoms with Crippen molar-refractivity contribution in [2.75, 3.05) is 21.3 Å². The van der Waals surface area contributed by atoms with Crippen LogP contribution in [0.4, 0.5) is 13.2 Å². The van der Waals surface area contributed by atoms with Gasteiger partial charge < -0.3 is 14.2 Å². The second-order valence-electron chi connectivity index (χ2n) is 8.46. The van der Waals surface area contributed by atoms with Gasteiger partial charge >= 0.3 is 6.18 Å². The molecule has 0 atom stereocenters. The van der Waals surface area contributed by atoms with Gasteiger partial charge in [-0.15, -0.1) is 0 Å². The van der Waals surface area contributed by atoms with Gasteiger partial charge in [0, 0.05) is 16.7 Å². The highest BCUT2D eigenvalue weighted by Crippen LogP contribution is 2.34. The van der Waals surface area contributed by atoms with Gasteiger partial charge in [-0.2, -0.15) is 23.0 Å². The van der Waals surface area contributed by atoms with Crippen molar-refractivity contribution in [1.82, 2.24) is 19.7 Å². The molecule has 2 heterocycles. The highest BCUT2D eigenvalue weighted by atomic mass is 19.4. The smallest absolute Gasteiger partial charge is 0.433 e. The Morgan fingerprint density at radius 2 is 1.23 bits per heavy atom. The number of hydrogen-bond donors (Lipinski definition) is 0. The first kappa shape index (κ1) is 25.8. The van der Waals surface area contributed by atoms with Crippen molar-refractivity contribution in [3.05, 3.63) is 90.6 Å². The summed E-state index contributed by atoms with van der Waals surface area (Å²) < 4.78 is 59.2. The molecule has 5 aromatic rings. The Balaban J connectivity index is 1.74. The monoisotopic (exact) mass is 532 g/mol. The molecular weight excluding hydrogens is 509 g/mol. The summed E-state index contributed by atoms with van der Waals surface area (Å²) in [6.07, 6.45) is -4.71. The molecule has 0 unspecified atom stereocenters. The number of hydrogen-bond acceptors (Lipinski definition) is 6. The van der Waals surface area contributed by atoms with Gasteiger partial charge in [0.1, 0.15) is 17.2 Å². The molecule has 2 aromatic heterocycles. The van der Waals surface area contributed by atoms with Crippen LogP contribution in [-0.4, -0.2) is 41.1 Å². The van der Waals surface area contributed by atoms with Gasteiger partial charge in [0.25, 0.3) is 5.95 Å². The number of alkyl halides is 3. The molecule has 0 fully saturated rings.